The molecule has 1 aromatic carbocycles. The summed E-state index contributed by atoms with van der Waals surface area (Å²) in [6.07, 6.45) is 5.04. The summed E-state index contributed by atoms with van der Waals surface area (Å²) < 4.78 is 29.8. The van der Waals surface area contributed by atoms with Gasteiger partial charge in [0.1, 0.15) is 11.2 Å². The van der Waals surface area contributed by atoms with Crippen LogP contribution >= 0.6 is 0 Å². The van der Waals surface area contributed by atoms with E-state index >= 15 is 0 Å². The minimum absolute atomic E-state index is 0.466. The van der Waals surface area contributed by atoms with Gasteiger partial charge in [-0.05, 0) is 49.1 Å². The summed E-state index contributed by atoms with van der Waals surface area (Å²) in [7, 11) is 3.33. The van der Waals surface area contributed by atoms with Crippen molar-refractivity contribution >= 4 is 0 Å². The molecule has 128 valence electrons. The molecular formula is C19H22O5. The number of hydrogen-bond donors (Lipinski definition) is 0. The summed E-state index contributed by atoms with van der Waals surface area (Å²) in [5.41, 5.74) is 2.52. The lowest BCUT2D eigenvalue weighted by Crippen LogP contribution is -2.46. The van der Waals surface area contributed by atoms with Crippen molar-refractivity contribution in [1.29, 1.82) is 0 Å². The number of rotatable bonds is 2. The van der Waals surface area contributed by atoms with E-state index in [-0.39, 0.29) is 0 Å². The van der Waals surface area contributed by atoms with E-state index in [1.54, 1.807) is 14.2 Å². The van der Waals surface area contributed by atoms with E-state index in [0.29, 0.717) is 13.2 Å². The van der Waals surface area contributed by atoms with Crippen molar-refractivity contribution in [2.45, 2.75) is 43.2 Å². The Kier molecular flexibility index (Phi) is 2.79. The Labute approximate surface area is 141 Å². The maximum atomic E-state index is 6.64. The molecule has 0 radical (unpaired) electrons. The zero-order valence-electron chi connectivity index (χ0n) is 14.3. The van der Waals surface area contributed by atoms with Gasteiger partial charge in [-0.15, -0.1) is 0 Å². The van der Waals surface area contributed by atoms with Crippen molar-refractivity contribution in [3.8, 4) is 11.5 Å². The van der Waals surface area contributed by atoms with Gasteiger partial charge in [0.15, 0.2) is 17.3 Å². The smallest absolute Gasteiger partial charge is 0.194 e. The average molecular weight is 330 g/mol. The topological polar surface area (TPSA) is 46.2 Å². The summed E-state index contributed by atoms with van der Waals surface area (Å²) in [6.45, 7) is 3.40. The number of benzene rings is 1. The molecule has 0 N–H and O–H groups in total. The zero-order valence-corrected chi connectivity index (χ0v) is 14.3. The molecule has 2 fully saturated rings. The number of ether oxygens (including phenoxy) is 5. The Hall–Kier alpha value is -1.56. The quantitative estimate of drug-likeness (QED) is 0.780. The summed E-state index contributed by atoms with van der Waals surface area (Å²) >= 11 is 0. The average Bonchev–Trinajstić information content (AvgIpc) is 3.23. The van der Waals surface area contributed by atoms with E-state index in [1.807, 2.05) is 6.07 Å². The van der Waals surface area contributed by atoms with Gasteiger partial charge in [0.2, 0.25) is 0 Å². The van der Waals surface area contributed by atoms with Crippen molar-refractivity contribution < 1.29 is 23.7 Å². The summed E-state index contributed by atoms with van der Waals surface area (Å²) in [6, 6.07) is 4.12. The number of fused-ring (bicyclic) bond motifs is 4. The number of methoxy groups -OCH3 is 2. The molecule has 0 amide bonds. The Morgan fingerprint density at radius 2 is 1.62 bits per heavy atom. The van der Waals surface area contributed by atoms with Crippen LogP contribution in [0.1, 0.15) is 37.3 Å². The molecule has 2 bridgehead atoms. The predicted molar refractivity (Wildman–Crippen MR) is 86.2 cm³/mol. The molecule has 24 heavy (non-hydrogen) atoms. The second-order valence-corrected chi connectivity index (χ2v) is 7.15. The first kappa shape index (κ1) is 14.8. The molecule has 1 aliphatic carbocycles. The molecule has 2 atom stereocenters. The maximum absolute atomic E-state index is 6.64. The number of hydrogen-bond acceptors (Lipinski definition) is 5. The highest BCUT2D eigenvalue weighted by atomic mass is 16.7. The summed E-state index contributed by atoms with van der Waals surface area (Å²) in [5, 5.41) is 0. The van der Waals surface area contributed by atoms with Gasteiger partial charge >= 0.3 is 0 Å². The first-order valence-electron chi connectivity index (χ1n) is 8.56. The molecule has 4 aliphatic rings. The van der Waals surface area contributed by atoms with Crippen LogP contribution in [0.25, 0.3) is 0 Å². The predicted octanol–water partition coefficient (Wildman–Crippen LogP) is 3.01. The Balaban J connectivity index is 1.73. The fourth-order valence-corrected chi connectivity index (χ4v) is 4.99. The van der Waals surface area contributed by atoms with Crippen LogP contribution in [0.15, 0.2) is 23.8 Å². The third-order valence-corrected chi connectivity index (χ3v) is 5.93. The third kappa shape index (κ3) is 1.56. The van der Waals surface area contributed by atoms with Gasteiger partial charge in [-0.25, -0.2) is 0 Å². The van der Waals surface area contributed by atoms with Crippen molar-refractivity contribution in [3.63, 3.8) is 0 Å². The van der Waals surface area contributed by atoms with E-state index in [4.69, 9.17) is 23.7 Å². The van der Waals surface area contributed by atoms with Crippen molar-refractivity contribution in [3.05, 3.63) is 34.9 Å². The lowest BCUT2D eigenvalue weighted by Gasteiger charge is -2.43. The summed E-state index contributed by atoms with van der Waals surface area (Å²) in [5.74, 6) is 0.859. The molecule has 3 aliphatic heterocycles. The molecule has 5 nitrogen and oxygen atoms in total. The van der Waals surface area contributed by atoms with Gasteiger partial charge in [-0.3, -0.25) is 0 Å². The van der Waals surface area contributed by atoms with Gasteiger partial charge in [0.25, 0.3) is 0 Å². The normalized spacial score (nSPS) is 34.9. The van der Waals surface area contributed by atoms with E-state index in [0.717, 1.165) is 41.9 Å². The zero-order chi connectivity index (χ0) is 16.6. The maximum Gasteiger partial charge on any atom is 0.194 e. The lowest BCUT2D eigenvalue weighted by atomic mass is 9.68. The van der Waals surface area contributed by atoms with Gasteiger partial charge in [-0.2, -0.15) is 0 Å². The first-order chi connectivity index (χ1) is 11.6. The van der Waals surface area contributed by atoms with E-state index in [2.05, 4.69) is 19.1 Å². The van der Waals surface area contributed by atoms with Crippen LogP contribution in [0.2, 0.25) is 0 Å². The van der Waals surface area contributed by atoms with Gasteiger partial charge in [-0.1, -0.05) is 0 Å². The van der Waals surface area contributed by atoms with Gasteiger partial charge < -0.3 is 23.7 Å². The molecule has 2 spiro atoms. The first-order valence-corrected chi connectivity index (χ1v) is 8.56. The Morgan fingerprint density at radius 3 is 2.29 bits per heavy atom. The van der Waals surface area contributed by atoms with Crippen LogP contribution in [0.5, 0.6) is 11.5 Å². The van der Waals surface area contributed by atoms with Crippen LogP contribution in [0.4, 0.5) is 0 Å². The SMILES string of the molecule is COc1cc2c(cc1OC)[C@@]13CCCC4(OCCO4)C1=C[C@]2(C)O3. The highest BCUT2D eigenvalue weighted by molar-refractivity contribution is 5.62. The van der Waals surface area contributed by atoms with Crippen LogP contribution < -0.4 is 9.47 Å². The fourth-order valence-electron chi connectivity index (χ4n) is 4.99. The van der Waals surface area contributed by atoms with Crippen LogP contribution in [0, 0.1) is 0 Å². The monoisotopic (exact) mass is 330 g/mol. The van der Waals surface area contributed by atoms with E-state index < -0.39 is 17.0 Å². The molecule has 3 heterocycles. The molecule has 0 unspecified atom stereocenters. The van der Waals surface area contributed by atoms with Crippen molar-refractivity contribution in [2.75, 3.05) is 27.4 Å². The van der Waals surface area contributed by atoms with Crippen LogP contribution in [-0.4, -0.2) is 33.2 Å². The molecule has 5 rings (SSSR count). The fraction of sp³-hybridized carbons (Fsp3) is 0.579. The molecule has 5 heteroatoms. The molecule has 1 aromatic rings. The van der Waals surface area contributed by atoms with E-state index in [1.165, 1.54) is 5.56 Å². The summed E-state index contributed by atoms with van der Waals surface area (Å²) in [4.78, 5) is 0. The van der Waals surface area contributed by atoms with Crippen LogP contribution in [-0.2, 0) is 25.4 Å². The van der Waals surface area contributed by atoms with Gasteiger partial charge in [0, 0.05) is 12.0 Å². The molecular weight excluding hydrogens is 308 g/mol. The minimum atomic E-state index is -0.610. The van der Waals surface area contributed by atoms with Crippen molar-refractivity contribution in [2.24, 2.45) is 0 Å². The van der Waals surface area contributed by atoms with E-state index in [9.17, 15) is 0 Å². The highest BCUT2D eigenvalue weighted by Gasteiger charge is 2.65. The minimum Gasteiger partial charge on any atom is -0.493 e. The molecule has 0 aromatic heterocycles. The Bertz CT molecular complexity index is 748. The Morgan fingerprint density at radius 1 is 0.958 bits per heavy atom. The standard InChI is InChI=1S/C19H22O5/c1-17-11-16-18(24-17,5-4-6-19(16)22-7-8-23-19)13-10-15(21-3)14(20-2)9-12(13)17/h9-11H,4-8H2,1-3H3/t17-,18-/m0/s1. The van der Waals surface area contributed by atoms with Crippen molar-refractivity contribution in [1.82, 2.24) is 0 Å². The second-order valence-electron chi connectivity index (χ2n) is 7.15. The largest absolute Gasteiger partial charge is 0.493 e. The molecule has 1 saturated heterocycles. The lowest BCUT2D eigenvalue weighted by molar-refractivity contribution is -0.178. The van der Waals surface area contributed by atoms with Crippen LogP contribution in [0.3, 0.4) is 0 Å². The second kappa shape index (κ2) is 4.54. The highest BCUT2D eigenvalue weighted by Crippen LogP contribution is 2.66. The van der Waals surface area contributed by atoms with Gasteiger partial charge in [0.05, 0.1) is 27.4 Å². The third-order valence-electron chi connectivity index (χ3n) is 5.93. The molecule has 1 saturated carbocycles.